The molecule has 1 rings (SSSR count). The van der Waals surface area contributed by atoms with Crippen molar-refractivity contribution in [3.05, 3.63) is 23.8 Å². The Morgan fingerprint density at radius 1 is 1.44 bits per heavy atom. The van der Waals surface area contributed by atoms with E-state index >= 15 is 0 Å². The lowest BCUT2D eigenvalue weighted by Crippen LogP contribution is -2.24. The SMILES string of the molecule is N#CCCCNC(=O)c1cc(O)ccc1O. The lowest BCUT2D eigenvalue weighted by Gasteiger charge is -2.06. The highest BCUT2D eigenvalue weighted by Gasteiger charge is 2.10. The Balaban J connectivity index is 2.59. The van der Waals surface area contributed by atoms with Gasteiger partial charge < -0.3 is 15.5 Å². The first kappa shape index (κ1) is 11.9. The first-order valence-electron chi connectivity index (χ1n) is 4.82. The number of nitriles is 1. The first-order chi connectivity index (χ1) is 7.65. The Labute approximate surface area is 92.9 Å². The molecule has 0 aliphatic heterocycles. The summed E-state index contributed by atoms with van der Waals surface area (Å²) in [6.45, 7) is 0.363. The second-order valence-corrected chi connectivity index (χ2v) is 3.22. The van der Waals surface area contributed by atoms with E-state index in [4.69, 9.17) is 10.4 Å². The zero-order chi connectivity index (χ0) is 12.0. The number of phenolic OH excluding ortho intramolecular Hbond substituents is 2. The molecule has 0 aliphatic rings. The van der Waals surface area contributed by atoms with Gasteiger partial charge in [0.2, 0.25) is 0 Å². The molecule has 0 unspecified atom stereocenters. The minimum absolute atomic E-state index is 0.0250. The Morgan fingerprint density at radius 2 is 2.19 bits per heavy atom. The monoisotopic (exact) mass is 220 g/mol. The van der Waals surface area contributed by atoms with E-state index in [1.807, 2.05) is 6.07 Å². The van der Waals surface area contributed by atoms with Gasteiger partial charge >= 0.3 is 0 Å². The number of aromatic hydroxyl groups is 2. The van der Waals surface area contributed by atoms with Crippen LogP contribution in [0.4, 0.5) is 0 Å². The number of nitrogens with one attached hydrogen (secondary N) is 1. The van der Waals surface area contributed by atoms with Crippen LogP contribution in [-0.4, -0.2) is 22.7 Å². The van der Waals surface area contributed by atoms with E-state index in [9.17, 15) is 9.90 Å². The fourth-order valence-corrected chi connectivity index (χ4v) is 1.17. The van der Waals surface area contributed by atoms with Gasteiger partial charge in [-0.3, -0.25) is 4.79 Å². The molecule has 3 N–H and O–H groups in total. The van der Waals surface area contributed by atoms with Crippen LogP contribution in [0.3, 0.4) is 0 Å². The number of carbonyl (C=O) groups excluding carboxylic acids is 1. The Hall–Kier alpha value is -2.22. The van der Waals surface area contributed by atoms with E-state index in [2.05, 4.69) is 5.32 Å². The highest BCUT2D eigenvalue weighted by Crippen LogP contribution is 2.21. The fraction of sp³-hybridized carbons (Fsp3) is 0.273. The topological polar surface area (TPSA) is 93.4 Å². The number of phenols is 2. The summed E-state index contributed by atoms with van der Waals surface area (Å²) in [5, 5.41) is 29.4. The van der Waals surface area contributed by atoms with Crippen molar-refractivity contribution in [2.24, 2.45) is 0 Å². The molecule has 84 valence electrons. The van der Waals surface area contributed by atoms with Gasteiger partial charge in [-0.25, -0.2) is 0 Å². The molecule has 0 aliphatic carbocycles. The third-order valence-corrected chi connectivity index (χ3v) is 1.98. The third kappa shape index (κ3) is 3.17. The number of unbranched alkanes of at least 4 members (excludes halogenated alkanes) is 1. The van der Waals surface area contributed by atoms with Crippen molar-refractivity contribution in [1.82, 2.24) is 5.32 Å². The summed E-state index contributed by atoms with van der Waals surface area (Å²) >= 11 is 0. The van der Waals surface area contributed by atoms with Gasteiger partial charge in [-0.1, -0.05) is 0 Å². The maximum atomic E-state index is 11.5. The van der Waals surface area contributed by atoms with E-state index < -0.39 is 5.91 Å². The molecule has 0 fully saturated rings. The van der Waals surface area contributed by atoms with Crippen LogP contribution in [-0.2, 0) is 0 Å². The molecule has 0 atom stereocenters. The summed E-state index contributed by atoms with van der Waals surface area (Å²) in [4.78, 5) is 11.5. The van der Waals surface area contributed by atoms with Crippen molar-refractivity contribution in [3.63, 3.8) is 0 Å². The maximum absolute atomic E-state index is 11.5. The van der Waals surface area contributed by atoms with E-state index in [-0.39, 0.29) is 17.1 Å². The maximum Gasteiger partial charge on any atom is 0.255 e. The second kappa shape index (κ2) is 5.61. The molecule has 16 heavy (non-hydrogen) atoms. The van der Waals surface area contributed by atoms with Crippen molar-refractivity contribution >= 4 is 5.91 Å². The number of amides is 1. The highest BCUT2D eigenvalue weighted by atomic mass is 16.3. The lowest BCUT2D eigenvalue weighted by atomic mass is 10.1. The van der Waals surface area contributed by atoms with Crippen LogP contribution in [0, 0.1) is 11.3 Å². The Bertz CT molecular complexity index is 424. The molecule has 5 heteroatoms. The lowest BCUT2D eigenvalue weighted by molar-refractivity contribution is 0.0950. The molecule has 0 saturated carbocycles. The molecule has 0 bridgehead atoms. The van der Waals surface area contributed by atoms with Crippen LogP contribution in [0.2, 0.25) is 0 Å². The molecule has 0 radical (unpaired) electrons. The normalized spacial score (nSPS) is 9.44. The summed E-state index contributed by atoms with van der Waals surface area (Å²) in [6.07, 6.45) is 0.925. The van der Waals surface area contributed by atoms with Crippen LogP contribution in [0.1, 0.15) is 23.2 Å². The van der Waals surface area contributed by atoms with Gasteiger partial charge in [0.25, 0.3) is 5.91 Å². The van der Waals surface area contributed by atoms with Crippen molar-refractivity contribution in [3.8, 4) is 17.6 Å². The van der Waals surface area contributed by atoms with Crippen molar-refractivity contribution in [2.75, 3.05) is 6.54 Å². The van der Waals surface area contributed by atoms with Gasteiger partial charge in [0, 0.05) is 13.0 Å². The molecular weight excluding hydrogens is 208 g/mol. The van der Waals surface area contributed by atoms with Crippen molar-refractivity contribution in [2.45, 2.75) is 12.8 Å². The standard InChI is InChI=1S/C11H12N2O3/c12-5-1-2-6-13-11(16)9-7-8(14)3-4-10(9)15/h3-4,7,14-15H,1-2,6H2,(H,13,16). The molecule has 1 aromatic carbocycles. The minimum Gasteiger partial charge on any atom is -0.508 e. The van der Waals surface area contributed by atoms with Crippen molar-refractivity contribution < 1.29 is 15.0 Å². The second-order valence-electron chi connectivity index (χ2n) is 3.22. The number of hydrogen-bond acceptors (Lipinski definition) is 4. The summed E-state index contributed by atoms with van der Waals surface area (Å²) in [7, 11) is 0. The number of benzene rings is 1. The summed E-state index contributed by atoms with van der Waals surface area (Å²) in [5.74, 6) is -0.734. The molecule has 0 heterocycles. The van der Waals surface area contributed by atoms with Crippen LogP contribution < -0.4 is 5.32 Å². The van der Waals surface area contributed by atoms with Crippen LogP contribution in [0.5, 0.6) is 11.5 Å². The summed E-state index contributed by atoms with van der Waals surface area (Å²) in [6, 6.07) is 5.69. The predicted octanol–water partition coefficient (Wildman–Crippen LogP) is 1.13. The molecule has 0 spiro atoms. The van der Waals surface area contributed by atoms with Gasteiger partial charge in [-0.15, -0.1) is 0 Å². The number of nitrogens with zero attached hydrogens (tertiary/aromatic N) is 1. The average molecular weight is 220 g/mol. The van der Waals surface area contributed by atoms with Crippen LogP contribution in [0.25, 0.3) is 0 Å². The predicted molar refractivity (Wildman–Crippen MR) is 57.0 cm³/mol. The quantitative estimate of drug-likeness (QED) is 0.523. The average Bonchev–Trinajstić information content (AvgIpc) is 2.27. The van der Waals surface area contributed by atoms with Crippen LogP contribution >= 0.6 is 0 Å². The number of carbonyl (C=O) groups is 1. The van der Waals surface area contributed by atoms with E-state index in [1.165, 1.54) is 18.2 Å². The minimum atomic E-state index is -0.466. The third-order valence-electron chi connectivity index (χ3n) is 1.98. The molecule has 1 amide bonds. The van der Waals surface area contributed by atoms with E-state index in [0.717, 1.165) is 0 Å². The fourth-order valence-electron chi connectivity index (χ4n) is 1.17. The zero-order valence-corrected chi connectivity index (χ0v) is 8.60. The summed E-state index contributed by atoms with van der Waals surface area (Å²) < 4.78 is 0. The highest BCUT2D eigenvalue weighted by molar-refractivity contribution is 5.97. The van der Waals surface area contributed by atoms with E-state index in [0.29, 0.717) is 19.4 Å². The zero-order valence-electron chi connectivity index (χ0n) is 8.60. The van der Waals surface area contributed by atoms with Crippen LogP contribution in [0.15, 0.2) is 18.2 Å². The van der Waals surface area contributed by atoms with E-state index in [1.54, 1.807) is 0 Å². The molecular formula is C11H12N2O3. The Kier molecular flexibility index (Phi) is 4.16. The molecule has 0 aromatic heterocycles. The van der Waals surface area contributed by atoms with Gasteiger partial charge in [0.15, 0.2) is 0 Å². The van der Waals surface area contributed by atoms with Gasteiger partial charge in [0.1, 0.15) is 11.5 Å². The number of rotatable bonds is 4. The number of hydrogen-bond donors (Lipinski definition) is 3. The van der Waals surface area contributed by atoms with Crippen molar-refractivity contribution in [1.29, 1.82) is 5.26 Å². The first-order valence-corrected chi connectivity index (χ1v) is 4.82. The van der Waals surface area contributed by atoms with Gasteiger partial charge in [-0.2, -0.15) is 5.26 Å². The Morgan fingerprint density at radius 3 is 2.88 bits per heavy atom. The summed E-state index contributed by atoms with van der Waals surface area (Å²) in [5.41, 5.74) is 0.0250. The molecule has 0 saturated heterocycles. The molecule has 5 nitrogen and oxygen atoms in total. The van der Waals surface area contributed by atoms with Gasteiger partial charge in [-0.05, 0) is 24.6 Å². The molecule has 1 aromatic rings. The smallest absolute Gasteiger partial charge is 0.255 e. The van der Waals surface area contributed by atoms with Gasteiger partial charge in [0.05, 0.1) is 11.6 Å². The largest absolute Gasteiger partial charge is 0.508 e.